The number of rotatable bonds is 13. The van der Waals surface area contributed by atoms with Crippen LogP contribution in [0.5, 0.6) is 0 Å². The Kier molecular flexibility index (Phi) is 14.7. The van der Waals surface area contributed by atoms with E-state index in [0.717, 1.165) is 59.5 Å². The van der Waals surface area contributed by atoms with Crippen molar-refractivity contribution < 1.29 is 0 Å². The van der Waals surface area contributed by atoms with Crippen LogP contribution in [-0.2, 0) is 41.9 Å². The zero-order valence-electron chi connectivity index (χ0n) is 46.0. The van der Waals surface area contributed by atoms with E-state index in [-0.39, 0.29) is 16.2 Å². The van der Waals surface area contributed by atoms with Gasteiger partial charge in [0.1, 0.15) is 0 Å². The molecule has 0 spiro atoms. The Hall–Kier alpha value is -8.01. The summed E-state index contributed by atoms with van der Waals surface area (Å²) in [6.45, 7) is 20.2. The molecule has 0 bridgehead atoms. The van der Waals surface area contributed by atoms with Gasteiger partial charge in [0.05, 0.1) is 17.1 Å². The van der Waals surface area contributed by atoms with E-state index in [1.165, 1.54) is 83.5 Å². The van der Waals surface area contributed by atoms with Gasteiger partial charge in [0.25, 0.3) is 0 Å². The van der Waals surface area contributed by atoms with Crippen molar-refractivity contribution in [1.29, 1.82) is 0 Å². The molecule has 0 aliphatic heterocycles. The zero-order valence-corrected chi connectivity index (χ0v) is 46.0. The van der Waals surface area contributed by atoms with Crippen LogP contribution in [0.2, 0.25) is 0 Å². The molecule has 0 fully saturated rings. The zero-order chi connectivity index (χ0) is 53.0. The Balaban J connectivity index is 1.00. The summed E-state index contributed by atoms with van der Waals surface area (Å²) in [4.78, 5) is 14.6. The molecule has 10 rings (SSSR count). The first-order valence-electron chi connectivity index (χ1n) is 27.1. The third kappa shape index (κ3) is 12.1. The Labute approximate surface area is 452 Å². The Morgan fingerprint density at radius 2 is 0.711 bits per heavy atom. The van der Waals surface area contributed by atoms with Crippen molar-refractivity contribution in [2.45, 2.75) is 104 Å². The minimum Gasteiger partial charge on any atom is -0.256 e. The molecule has 3 heterocycles. The molecule has 76 heavy (non-hydrogen) atoms. The molecule has 0 radical (unpaired) electrons. The van der Waals surface area contributed by atoms with Crippen LogP contribution in [0.3, 0.4) is 0 Å². The average molecular weight is 990 g/mol. The fraction of sp³-hybridized carbons (Fsp3) is 0.219. The maximum absolute atomic E-state index is 4.93. The molecular weight excluding hydrogens is 919 g/mol. The fourth-order valence-corrected chi connectivity index (χ4v) is 10.2. The lowest BCUT2D eigenvalue weighted by molar-refractivity contribution is 0.587. The summed E-state index contributed by atoms with van der Waals surface area (Å²) >= 11 is 0. The maximum Gasteiger partial charge on any atom is 0.0705 e. The van der Waals surface area contributed by atoms with E-state index in [2.05, 4.69) is 263 Å². The van der Waals surface area contributed by atoms with Gasteiger partial charge in [-0.25, -0.2) is 0 Å². The monoisotopic (exact) mass is 990 g/mol. The van der Waals surface area contributed by atoms with Crippen molar-refractivity contribution in [2.24, 2.45) is 0 Å². The third-order valence-electron chi connectivity index (χ3n) is 15.0. The summed E-state index contributed by atoms with van der Waals surface area (Å²) in [7, 11) is 0. The minimum absolute atomic E-state index is 0.00346. The van der Waals surface area contributed by atoms with Crippen molar-refractivity contribution in [3.8, 4) is 78.3 Å². The quantitative estimate of drug-likeness (QED) is 0.116. The molecule has 0 aliphatic carbocycles. The lowest BCUT2D eigenvalue weighted by atomic mass is 9.85. The van der Waals surface area contributed by atoms with Gasteiger partial charge in [0.15, 0.2) is 0 Å². The van der Waals surface area contributed by atoms with Crippen molar-refractivity contribution >= 4 is 0 Å². The van der Waals surface area contributed by atoms with Crippen molar-refractivity contribution in [3.05, 3.63) is 258 Å². The van der Waals surface area contributed by atoms with Crippen LogP contribution in [0.15, 0.2) is 219 Å². The topological polar surface area (TPSA) is 38.7 Å². The number of benzene rings is 7. The van der Waals surface area contributed by atoms with Gasteiger partial charge < -0.3 is 0 Å². The lowest BCUT2D eigenvalue weighted by Gasteiger charge is -2.20. The second kappa shape index (κ2) is 21.7. The molecule has 3 aromatic heterocycles. The van der Waals surface area contributed by atoms with Crippen LogP contribution in [-0.4, -0.2) is 15.0 Å². The number of aromatic nitrogens is 3. The van der Waals surface area contributed by atoms with Gasteiger partial charge in [0, 0.05) is 35.3 Å². The first-order valence-corrected chi connectivity index (χ1v) is 27.1. The SMILES string of the molecule is CC(C)(C)c1ccc(-c2ccc(CCc3cc(CCc4ccc(-c5ccc(C(C)(C)C)cn5)cc4)cc(-c4ccccc4-c4ccc(-c5cc(C(C)(C)C)ccn5)cc4-c4ccc(-c5ccccc5)cc4)c3)cc2)nc1. The van der Waals surface area contributed by atoms with Gasteiger partial charge in [-0.05, 0) is 156 Å². The van der Waals surface area contributed by atoms with E-state index < -0.39 is 0 Å². The van der Waals surface area contributed by atoms with Crippen molar-refractivity contribution in [3.63, 3.8) is 0 Å². The van der Waals surface area contributed by atoms with Gasteiger partial charge in [-0.2, -0.15) is 0 Å². The summed E-state index contributed by atoms with van der Waals surface area (Å²) in [6.07, 6.45) is 9.71. The van der Waals surface area contributed by atoms with Crippen LogP contribution < -0.4 is 0 Å². The third-order valence-corrected chi connectivity index (χ3v) is 15.0. The van der Waals surface area contributed by atoms with Gasteiger partial charge >= 0.3 is 0 Å². The summed E-state index contributed by atoms with van der Waals surface area (Å²) in [5, 5.41) is 0. The van der Waals surface area contributed by atoms with E-state index in [4.69, 9.17) is 15.0 Å². The van der Waals surface area contributed by atoms with Crippen LogP contribution in [0.1, 0.15) is 101 Å². The number of nitrogens with zero attached hydrogens (tertiary/aromatic N) is 3. The minimum atomic E-state index is 0.00346. The predicted octanol–water partition coefficient (Wildman–Crippen LogP) is 19.0. The highest BCUT2D eigenvalue weighted by Gasteiger charge is 2.20. The molecule has 3 heteroatoms. The summed E-state index contributed by atoms with van der Waals surface area (Å²) in [6, 6.07) is 74.1. The van der Waals surface area contributed by atoms with Crippen molar-refractivity contribution in [1.82, 2.24) is 15.0 Å². The summed E-state index contributed by atoms with van der Waals surface area (Å²) in [5.41, 5.74) is 25.2. The van der Waals surface area contributed by atoms with E-state index in [1.807, 2.05) is 18.6 Å². The highest BCUT2D eigenvalue weighted by Crippen LogP contribution is 2.42. The highest BCUT2D eigenvalue weighted by atomic mass is 14.7. The second-order valence-corrected chi connectivity index (χ2v) is 23.7. The number of pyridine rings is 3. The number of aryl methyl sites for hydroxylation is 4. The van der Waals surface area contributed by atoms with Crippen LogP contribution in [0, 0.1) is 0 Å². The number of hydrogen-bond acceptors (Lipinski definition) is 3. The largest absolute Gasteiger partial charge is 0.256 e. The number of hydrogen-bond donors (Lipinski definition) is 0. The predicted molar refractivity (Wildman–Crippen MR) is 322 cm³/mol. The Morgan fingerprint density at radius 1 is 0.263 bits per heavy atom. The Bertz CT molecular complexity index is 3450. The van der Waals surface area contributed by atoms with Crippen LogP contribution in [0.25, 0.3) is 78.3 Å². The smallest absolute Gasteiger partial charge is 0.0705 e. The molecule has 3 nitrogen and oxygen atoms in total. The van der Waals surface area contributed by atoms with E-state index in [1.54, 1.807) is 0 Å². The molecule has 378 valence electrons. The molecule has 7 aromatic carbocycles. The molecule has 0 saturated carbocycles. The van der Waals surface area contributed by atoms with Crippen molar-refractivity contribution in [2.75, 3.05) is 0 Å². The molecule has 0 saturated heterocycles. The first kappa shape index (κ1) is 51.5. The van der Waals surface area contributed by atoms with E-state index in [9.17, 15) is 0 Å². The van der Waals surface area contributed by atoms with Gasteiger partial charge in [-0.1, -0.05) is 232 Å². The van der Waals surface area contributed by atoms with Gasteiger partial charge in [-0.3, -0.25) is 15.0 Å². The second-order valence-electron chi connectivity index (χ2n) is 23.7. The van der Waals surface area contributed by atoms with Gasteiger partial charge in [-0.15, -0.1) is 0 Å². The molecule has 10 aromatic rings. The van der Waals surface area contributed by atoms with E-state index in [0.29, 0.717) is 0 Å². The van der Waals surface area contributed by atoms with E-state index >= 15 is 0 Å². The van der Waals surface area contributed by atoms with Gasteiger partial charge in [0.2, 0.25) is 0 Å². The maximum atomic E-state index is 4.93. The summed E-state index contributed by atoms with van der Waals surface area (Å²) < 4.78 is 0. The molecule has 0 amide bonds. The first-order chi connectivity index (χ1) is 36.5. The highest BCUT2D eigenvalue weighted by molar-refractivity contribution is 5.94. The van der Waals surface area contributed by atoms with Crippen LogP contribution in [0.4, 0.5) is 0 Å². The normalized spacial score (nSPS) is 12.0. The molecular formula is C73H71N3. The lowest BCUT2D eigenvalue weighted by Crippen LogP contribution is -2.11. The molecule has 0 aliphatic rings. The summed E-state index contributed by atoms with van der Waals surface area (Å²) in [5.74, 6) is 0. The fourth-order valence-electron chi connectivity index (χ4n) is 10.2. The molecule has 0 N–H and O–H groups in total. The average Bonchev–Trinajstić information content (AvgIpc) is 3.45. The molecule has 0 atom stereocenters. The van der Waals surface area contributed by atoms with Crippen LogP contribution >= 0.6 is 0 Å². The standard InChI is InChI=1S/C73H71N3/c1-71(2,3)61-41-42-74-70(47-61)59-35-38-66(67(46-59)56-33-31-55(32-34-56)54-15-11-10-12-16-54)65-18-14-13-17-64(65)60-44-52(21-19-50-23-27-57(28-24-50)68-39-36-62(48-75-68)72(4,5)6)43-53(45-60)22-20-51-25-29-58(30-26-51)69-40-37-63(49-76-69)73(7,8)9/h10-18,23-49H,19-22H2,1-9H3. The Morgan fingerprint density at radius 3 is 1.22 bits per heavy atom. The molecule has 0 unspecified atom stereocenters.